The third kappa shape index (κ3) is 20.3. The number of benzene rings is 3. The van der Waals surface area contributed by atoms with Crippen LogP contribution in [0.4, 0.5) is 21.4 Å². The summed E-state index contributed by atoms with van der Waals surface area (Å²) < 4.78 is 49.7. The first kappa shape index (κ1) is 77.6. The molecule has 6 aromatic rings. The van der Waals surface area contributed by atoms with Gasteiger partial charge in [0.25, 0.3) is 16.0 Å². The monoisotopic (exact) mass is 1470 g/mol. The number of hydrogen-bond donors (Lipinski definition) is 11. The molecule has 4 heterocycles. The van der Waals surface area contributed by atoms with Crippen molar-refractivity contribution >= 4 is 95.9 Å². The van der Waals surface area contributed by atoms with Gasteiger partial charge in [-0.1, -0.05) is 81.9 Å². The van der Waals surface area contributed by atoms with Crippen molar-refractivity contribution in [3.63, 3.8) is 0 Å². The number of unbranched alkanes of at least 4 members (excludes halogenated alkanes) is 2. The van der Waals surface area contributed by atoms with Gasteiger partial charge >= 0.3 is 18.0 Å². The topological polar surface area (TPSA) is 418 Å². The number of aliphatic hydroxyl groups is 1. The number of carbonyl (C=O) groups excluding carboxylic acids is 6. The number of aliphatic hydroxyl groups excluding tert-OH is 1. The Balaban J connectivity index is 0.742. The summed E-state index contributed by atoms with van der Waals surface area (Å²) in [6.07, 6.45) is 6.83. The summed E-state index contributed by atoms with van der Waals surface area (Å²) in [4.78, 5) is 117. The van der Waals surface area contributed by atoms with Crippen LogP contribution >= 0.6 is 11.3 Å². The molecule has 4 saturated carbocycles. The molecule has 1 aliphatic heterocycles. The number of amides is 6. The van der Waals surface area contributed by atoms with E-state index in [1.165, 1.54) is 16.2 Å². The van der Waals surface area contributed by atoms with Crippen LogP contribution in [0.2, 0.25) is 0 Å². The normalized spacial score (nSPS) is 20.5. The van der Waals surface area contributed by atoms with Gasteiger partial charge in [0.05, 0.1) is 40.8 Å². The van der Waals surface area contributed by atoms with E-state index in [1.807, 2.05) is 59.0 Å². The van der Waals surface area contributed by atoms with E-state index in [0.29, 0.717) is 104 Å². The van der Waals surface area contributed by atoms with Crippen LogP contribution in [-0.4, -0.2) is 170 Å². The molecule has 104 heavy (non-hydrogen) atoms. The standard InChI is InChI=1S/C73H95N13O16S2/c1-45(2)61(82-59(88)18-7-6-10-28-75-58(87)25-26-60(89)90)65(93)79-55(16-12-29-76-67(74)96)64(92)78-49-21-19-47(20-22-49)37-101-69(97)84(32-34-104(98,99)100)31-33-102-73-41-70(4)38-71(5,42-73)40-72(39-70,43-73)44-86-46(3)52(35-77-86)50-23-24-57(81-62(50)66(94)95)85-30-27-48-13-11-14-51(53(48)36-85)63(91)83-68-80-54-15-8-9-17-56(54)103-68/h8-9,11,13-15,17,19-24,35,45,55,61,67,76,96H,6-7,10,12,16,18,25-34,36-44,74H2,1-5H3,(H,75,87)(H,78,92)(H,79,93)(H,82,88)(H,89,90)(H,94,95)(H,80,83,91)(H,98,99,100)/t55-,61-,67?,70?,71?,72?,73?/m0/s1. The first-order chi connectivity index (χ1) is 49.4. The highest BCUT2D eigenvalue weighted by atomic mass is 32.2. The van der Waals surface area contributed by atoms with Gasteiger partial charge in [0.1, 0.15) is 24.5 Å². The number of nitrogens with zero attached hydrogens (tertiary/aromatic N) is 6. The fourth-order valence-electron chi connectivity index (χ4n) is 16.5. The zero-order valence-electron chi connectivity index (χ0n) is 59.3. The first-order valence-corrected chi connectivity index (χ1v) is 37.8. The van der Waals surface area contributed by atoms with Gasteiger partial charge < -0.3 is 55.9 Å². The van der Waals surface area contributed by atoms with Crippen molar-refractivity contribution in [2.24, 2.45) is 27.9 Å². The van der Waals surface area contributed by atoms with E-state index in [0.717, 1.165) is 59.1 Å². The fourth-order valence-corrected chi connectivity index (χ4v) is 17.8. The van der Waals surface area contributed by atoms with Gasteiger partial charge in [-0.25, -0.2) is 19.6 Å². The average molecular weight is 1470 g/mol. The van der Waals surface area contributed by atoms with Gasteiger partial charge in [-0.15, -0.1) is 0 Å². The van der Waals surface area contributed by atoms with Crippen LogP contribution in [0.5, 0.6) is 0 Å². The summed E-state index contributed by atoms with van der Waals surface area (Å²) in [6.45, 7) is 11.3. The second-order valence-corrected chi connectivity index (χ2v) is 32.0. The molecular weight excluding hydrogens is 1380 g/mol. The Kier molecular flexibility index (Phi) is 24.9. The van der Waals surface area contributed by atoms with Crippen LogP contribution in [-0.2, 0) is 69.7 Å². The summed E-state index contributed by atoms with van der Waals surface area (Å²) in [7, 11) is -4.51. The van der Waals surface area contributed by atoms with E-state index in [1.54, 1.807) is 56.4 Å². The van der Waals surface area contributed by atoms with Crippen LogP contribution in [0.3, 0.4) is 0 Å². The SMILES string of the molecule is Cc1c(-c2ccc(N3CCc4cccc(C(=O)Nc5nc6ccccc6s5)c4C3)nc2C(=O)O)cnn1CC12CC3(C)CC(C)(C1)CC(OCCN(CCS(=O)(=O)O)C(=O)OCc1ccc(NC(=O)[C@H](CCCNC(N)O)NC(=O)[C@@H](NC(=O)CCCCCNC(=O)CCC(=O)O)C(C)C)cc1)(C3)C2. The number of rotatable bonds is 36. The fraction of sp³-hybridized carbons (Fsp3) is 0.521. The maximum atomic E-state index is 13.9. The molecule has 5 aliphatic rings. The number of carboxylic acid groups (broad SMARTS) is 2. The van der Waals surface area contributed by atoms with Gasteiger partial charge in [-0.05, 0) is 165 Å². The number of carboxylic acids is 2. The van der Waals surface area contributed by atoms with Crippen molar-refractivity contribution in [1.29, 1.82) is 0 Å². The van der Waals surface area contributed by atoms with E-state index < -0.39 is 76.3 Å². The van der Waals surface area contributed by atoms with Gasteiger partial charge in [0.15, 0.2) is 17.2 Å². The molecule has 4 aliphatic carbocycles. The maximum absolute atomic E-state index is 13.9. The van der Waals surface area contributed by atoms with Crippen molar-refractivity contribution in [2.75, 3.05) is 60.6 Å². The Morgan fingerprint density at radius 3 is 2.23 bits per heavy atom. The number of fused-ring (bicyclic) bond motifs is 2. The quantitative estimate of drug-likeness (QED) is 0.0102. The third-order valence-electron chi connectivity index (χ3n) is 20.1. The van der Waals surface area contributed by atoms with E-state index >= 15 is 0 Å². The molecule has 3 aromatic heterocycles. The number of anilines is 3. The predicted octanol–water partition coefficient (Wildman–Crippen LogP) is 7.75. The molecule has 4 fully saturated rings. The number of aromatic carboxylic acids is 1. The number of aromatic nitrogens is 4. The molecule has 11 rings (SSSR count). The van der Waals surface area contributed by atoms with Crippen molar-refractivity contribution in [3.05, 3.63) is 119 Å². The lowest BCUT2D eigenvalue weighted by molar-refractivity contribution is -0.248. The van der Waals surface area contributed by atoms with Gasteiger partial charge in [0, 0.05) is 80.2 Å². The van der Waals surface area contributed by atoms with Crippen LogP contribution in [0.15, 0.2) is 85.1 Å². The predicted molar refractivity (Wildman–Crippen MR) is 389 cm³/mol. The van der Waals surface area contributed by atoms with Crippen molar-refractivity contribution in [3.8, 4) is 11.1 Å². The second kappa shape index (κ2) is 33.4. The molecule has 6 amide bonds. The van der Waals surface area contributed by atoms with Crippen LogP contribution in [0.1, 0.15) is 161 Å². The molecular formula is C73H95N13O16S2. The van der Waals surface area contributed by atoms with E-state index in [9.17, 15) is 61.5 Å². The smallest absolute Gasteiger partial charge is 0.410 e. The van der Waals surface area contributed by atoms with E-state index in [4.69, 9.17) is 30.4 Å². The lowest BCUT2D eigenvalue weighted by Crippen LogP contribution is -2.64. The molecule has 4 bridgehead atoms. The summed E-state index contributed by atoms with van der Waals surface area (Å²) in [5.74, 6) is -5.15. The maximum Gasteiger partial charge on any atom is 0.410 e. The van der Waals surface area contributed by atoms with Gasteiger partial charge in [0.2, 0.25) is 23.6 Å². The molecule has 31 heteroatoms. The molecule has 12 N–H and O–H groups in total. The molecule has 0 spiro atoms. The van der Waals surface area contributed by atoms with Crippen LogP contribution < -0.4 is 42.5 Å². The minimum atomic E-state index is -4.51. The largest absolute Gasteiger partial charge is 0.481 e. The Bertz CT molecular complexity index is 4210. The Labute approximate surface area is 607 Å². The second-order valence-electron chi connectivity index (χ2n) is 29.4. The number of aliphatic carboxylic acids is 1. The molecule has 3 unspecified atom stereocenters. The third-order valence-corrected chi connectivity index (χ3v) is 21.7. The van der Waals surface area contributed by atoms with Gasteiger partial charge in [-0.2, -0.15) is 13.5 Å². The number of ether oxygens (including phenoxy) is 2. The lowest BCUT2D eigenvalue weighted by Gasteiger charge is -2.69. The zero-order chi connectivity index (χ0) is 74.7. The first-order valence-electron chi connectivity index (χ1n) is 35.3. The molecule has 560 valence electrons. The zero-order valence-corrected chi connectivity index (χ0v) is 61.0. The van der Waals surface area contributed by atoms with E-state index in [-0.39, 0.29) is 97.6 Å². The number of nitrogens with two attached hydrogens (primary N) is 1. The summed E-state index contributed by atoms with van der Waals surface area (Å²) in [5.41, 5.74) is 10.0. The highest BCUT2D eigenvalue weighted by Crippen LogP contribution is 2.72. The van der Waals surface area contributed by atoms with E-state index in [2.05, 4.69) is 50.7 Å². The summed E-state index contributed by atoms with van der Waals surface area (Å²) >= 11 is 1.40. The van der Waals surface area contributed by atoms with Crippen LogP contribution in [0.25, 0.3) is 21.3 Å². The molecule has 3 aromatic carbocycles. The molecule has 29 nitrogen and oxygen atoms in total. The number of nitrogens with one attached hydrogen (secondary N) is 6. The van der Waals surface area contributed by atoms with Crippen molar-refractivity contribution < 1.29 is 76.1 Å². The minimum Gasteiger partial charge on any atom is -0.481 e. The Morgan fingerprint density at radius 1 is 0.779 bits per heavy atom. The molecule has 0 saturated heterocycles. The number of para-hydroxylation sites is 1. The highest BCUT2D eigenvalue weighted by molar-refractivity contribution is 7.85. The lowest BCUT2D eigenvalue weighted by atomic mass is 9.39. The number of hydrogen-bond acceptors (Lipinski definition) is 20. The summed E-state index contributed by atoms with van der Waals surface area (Å²) in [6, 6.07) is 21.2. The molecule has 5 atom stereocenters. The number of carbonyl (C=O) groups is 8. The number of pyridine rings is 1. The average Bonchev–Trinajstić information content (AvgIpc) is 0.706. The Morgan fingerprint density at radius 2 is 1.53 bits per heavy atom. The van der Waals surface area contributed by atoms with Crippen LogP contribution in [0, 0.1) is 29.1 Å². The number of thiazole rings is 1. The van der Waals surface area contributed by atoms with Crippen molar-refractivity contribution in [2.45, 2.75) is 175 Å². The minimum absolute atomic E-state index is 0.0276. The summed E-state index contributed by atoms with van der Waals surface area (Å²) in [5, 5.41) is 51.1. The highest BCUT2D eigenvalue weighted by Gasteiger charge is 2.66. The van der Waals surface area contributed by atoms with Crippen molar-refractivity contribution in [1.82, 2.24) is 45.9 Å². The molecule has 0 radical (unpaired) electrons. The van der Waals surface area contributed by atoms with Gasteiger partial charge in [-0.3, -0.25) is 54.4 Å². The Hall–Kier alpha value is -8.98.